The first kappa shape index (κ1) is 12.4. The molecular formula is C15H23NO. The van der Waals surface area contributed by atoms with Crippen molar-refractivity contribution >= 4 is 0 Å². The van der Waals surface area contributed by atoms with Crippen LogP contribution in [0.3, 0.4) is 0 Å². The summed E-state index contributed by atoms with van der Waals surface area (Å²) < 4.78 is 5.16. The fraction of sp³-hybridized carbons (Fsp3) is 0.600. The van der Waals surface area contributed by atoms with Gasteiger partial charge in [0.25, 0.3) is 0 Å². The van der Waals surface area contributed by atoms with Gasteiger partial charge in [-0.1, -0.05) is 18.6 Å². The third-order valence-electron chi connectivity index (χ3n) is 3.65. The van der Waals surface area contributed by atoms with Gasteiger partial charge in [0, 0.05) is 12.1 Å². The summed E-state index contributed by atoms with van der Waals surface area (Å²) >= 11 is 0. The van der Waals surface area contributed by atoms with Gasteiger partial charge in [-0.05, 0) is 50.3 Å². The van der Waals surface area contributed by atoms with Crippen LogP contribution in [-0.4, -0.2) is 19.2 Å². The van der Waals surface area contributed by atoms with Crippen LogP contribution in [0.1, 0.15) is 38.2 Å². The Morgan fingerprint density at radius 2 is 2.00 bits per heavy atom. The second-order valence-electron chi connectivity index (χ2n) is 5.08. The number of benzene rings is 1. The van der Waals surface area contributed by atoms with Crippen LogP contribution in [0.25, 0.3) is 0 Å². The maximum Gasteiger partial charge on any atom is 0.118 e. The van der Waals surface area contributed by atoms with Gasteiger partial charge in [0.1, 0.15) is 5.75 Å². The Hall–Kier alpha value is -1.02. The molecule has 0 heterocycles. The number of rotatable bonds is 6. The first-order valence-electron chi connectivity index (χ1n) is 6.67. The van der Waals surface area contributed by atoms with Crippen molar-refractivity contribution in [2.24, 2.45) is 0 Å². The van der Waals surface area contributed by atoms with Crippen LogP contribution < -0.4 is 10.1 Å². The summed E-state index contributed by atoms with van der Waals surface area (Å²) in [4.78, 5) is 0. The molecular weight excluding hydrogens is 210 g/mol. The number of nitrogens with one attached hydrogen (secondary N) is 1. The van der Waals surface area contributed by atoms with Gasteiger partial charge in [-0.25, -0.2) is 0 Å². The minimum Gasteiger partial charge on any atom is -0.497 e. The summed E-state index contributed by atoms with van der Waals surface area (Å²) in [5, 5.41) is 3.68. The molecule has 0 saturated heterocycles. The van der Waals surface area contributed by atoms with E-state index < -0.39 is 0 Å². The molecule has 1 aromatic carbocycles. The highest BCUT2D eigenvalue weighted by Gasteiger charge is 2.18. The molecule has 0 aliphatic heterocycles. The number of hydrogen-bond donors (Lipinski definition) is 1. The van der Waals surface area contributed by atoms with Crippen LogP contribution in [0.4, 0.5) is 0 Å². The van der Waals surface area contributed by atoms with Crippen molar-refractivity contribution in [3.63, 3.8) is 0 Å². The van der Waals surface area contributed by atoms with Crippen LogP contribution in [0.15, 0.2) is 24.3 Å². The third-order valence-corrected chi connectivity index (χ3v) is 3.65. The number of ether oxygens (including phenoxy) is 1. The molecule has 0 radical (unpaired) electrons. The molecule has 1 atom stereocenters. The molecule has 94 valence electrons. The zero-order chi connectivity index (χ0) is 12.1. The lowest BCUT2D eigenvalue weighted by molar-refractivity contribution is 0.304. The Balaban J connectivity index is 1.72. The molecule has 0 bridgehead atoms. The Morgan fingerprint density at radius 3 is 2.53 bits per heavy atom. The largest absolute Gasteiger partial charge is 0.497 e. The van der Waals surface area contributed by atoms with Gasteiger partial charge in [0.2, 0.25) is 0 Å². The predicted octanol–water partition coefficient (Wildman–Crippen LogP) is 3.16. The molecule has 2 heteroatoms. The SMILES string of the molecule is COc1ccc(CCC(C)NC2CCC2)cc1. The van der Waals surface area contributed by atoms with Crippen molar-refractivity contribution < 1.29 is 4.74 Å². The average Bonchev–Trinajstić information content (AvgIpc) is 2.32. The number of aryl methyl sites for hydroxylation is 1. The zero-order valence-corrected chi connectivity index (χ0v) is 10.9. The quantitative estimate of drug-likeness (QED) is 0.815. The van der Waals surface area contributed by atoms with Crippen molar-refractivity contribution in [2.75, 3.05) is 7.11 Å². The van der Waals surface area contributed by atoms with Crippen molar-refractivity contribution in [2.45, 2.75) is 51.1 Å². The van der Waals surface area contributed by atoms with E-state index >= 15 is 0 Å². The van der Waals surface area contributed by atoms with E-state index in [-0.39, 0.29) is 0 Å². The zero-order valence-electron chi connectivity index (χ0n) is 10.9. The Morgan fingerprint density at radius 1 is 1.29 bits per heavy atom. The highest BCUT2D eigenvalue weighted by Crippen LogP contribution is 2.19. The molecule has 2 rings (SSSR count). The fourth-order valence-corrected chi connectivity index (χ4v) is 2.24. The summed E-state index contributed by atoms with van der Waals surface area (Å²) in [5.41, 5.74) is 1.40. The Bertz CT molecular complexity index is 329. The first-order valence-corrected chi connectivity index (χ1v) is 6.67. The van der Waals surface area contributed by atoms with E-state index in [2.05, 4.69) is 24.4 Å². The smallest absolute Gasteiger partial charge is 0.118 e. The maximum absolute atomic E-state index is 5.16. The van der Waals surface area contributed by atoms with Crippen molar-refractivity contribution in [3.05, 3.63) is 29.8 Å². The fourth-order valence-electron chi connectivity index (χ4n) is 2.24. The van der Waals surface area contributed by atoms with Gasteiger partial charge in [-0.3, -0.25) is 0 Å². The predicted molar refractivity (Wildman–Crippen MR) is 71.6 cm³/mol. The molecule has 0 aromatic heterocycles. The normalized spacial score (nSPS) is 17.5. The number of methoxy groups -OCH3 is 1. The molecule has 1 aliphatic carbocycles. The second kappa shape index (κ2) is 6.06. The van der Waals surface area contributed by atoms with Crippen molar-refractivity contribution in [1.82, 2.24) is 5.32 Å². The molecule has 0 spiro atoms. The third kappa shape index (κ3) is 3.74. The minimum atomic E-state index is 0.627. The van der Waals surface area contributed by atoms with E-state index in [4.69, 9.17) is 4.74 Å². The van der Waals surface area contributed by atoms with Crippen LogP contribution in [-0.2, 0) is 6.42 Å². The standard InChI is InChI=1S/C15H23NO/c1-12(16-14-4-3-5-14)6-7-13-8-10-15(17-2)11-9-13/h8-12,14,16H,3-7H2,1-2H3. The molecule has 17 heavy (non-hydrogen) atoms. The molecule has 1 aliphatic rings. The lowest BCUT2D eigenvalue weighted by Crippen LogP contribution is -2.41. The monoisotopic (exact) mass is 233 g/mol. The second-order valence-corrected chi connectivity index (χ2v) is 5.08. The summed E-state index contributed by atoms with van der Waals surface area (Å²) in [6.45, 7) is 2.29. The molecule has 1 fully saturated rings. The van der Waals surface area contributed by atoms with Gasteiger partial charge >= 0.3 is 0 Å². The van der Waals surface area contributed by atoms with Gasteiger partial charge in [-0.15, -0.1) is 0 Å². The molecule has 1 N–H and O–H groups in total. The van der Waals surface area contributed by atoms with E-state index in [1.807, 2.05) is 12.1 Å². The molecule has 1 unspecified atom stereocenters. The topological polar surface area (TPSA) is 21.3 Å². The Labute approximate surface area is 104 Å². The van der Waals surface area contributed by atoms with Crippen LogP contribution in [0.5, 0.6) is 5.75 Å². The van der Waals surface area contributed by atoms with E-state index in [1.165, 1.54) is 31.2 Å². The lowest BCUT2D eigenvalue weighted by atomic mass is 9.92. The molecule has 1 aromatic rings. The highest BCUT2D eigenvalue weighted by atomic mass is 16.5. The Kier molecular flexibility index (Phi) is 4.43. The van der Waals surface area contributed by atoms with Crippen LogP contribution in [0, 0.1) is 0 Å². The summed E-state index contributed by atoms with van der Waals surface area (Å²) in [7, 11) is 1.71. The summed E-state index contributed by atoms with van der Waals surface area (Å²) in [6.07, 6.45) is 6.50. The first-order chi connectivity index (χ1) is 8.28. The lowest BCUT2D eigenvalue weighted by Gasteiger charge is -2.30. The van der Waals surface area contributed by atoms with Crippen molar-refractivity contribution in [1.29, 1.82) is 0 Å². The maximum atomic E-state index is 5.16. The molecule has 1 saturated carbocycles. The molecule has 2 nitrogen and oxygen atoms in total. The van der Waals surface area contributed by atoms with Crippen molar-refractivity contribution in [3.8, 4) is 5.75 Å². The van der Waals surface area contributed by atoms with E-state index in [1.54, 1.807) is 7.11 Å². The summed E-state index contributed by atoms with van der Waals surface area (Å²) in [5.74, 6) is 0.939. The van der Waals surface area contributed by atoms with Gasteiger partial charge in [0.15, 0.2) is 0 Å². The van der Waals surface area contributed by atoms with Gasteiger partial charge < -0.3 is 10.1 Å². The number of hydrogen-bond acceptors (Lipinski definition) is 2. The summed E-state index contributed by atoms with van der Waals surface area (Å²) in [6, 6.07) is 9.82. The molecule has 0 amide bonds. The van der Waals surface area contributed by atoms with E-state index in [0.29, 0.717) is 6.04 Å². The van der Waals surface area contributed by atoms with E-state index in [0.717, 1.165) is 18.2 Å². The minimum absolute atomic E-state index is 0.627. The van der Waals surface area contributed by atoms with Gasteiger partial charge in [0.05, 0.1) is 7.11 Å². The van der Waals surface area contributed by atoms with Crippen LogP contribution >= 0.6 is 0 Å². The van der Waals surface area contributed by atoms with Crippen LogP contribution in [0.2, 0.25) is 0 Å². The van der Waals surface area contributed by atoms with Gasteiger partial charge in [-0.2, -0.15) is 0 Å². The highest BCUT2D eigenvalue weighted by molar-refractivity contribution is 5.27. The van der Waals surface area contributed by atoms with E-state index in [9.17, 15) is 0 Å². The average molecular weight is 233 g/mol.